The zero-order valence-electron chi connectivity index (χ0n) is 21.1. The summed E-state index contributed by atoms with van der Waals surface area (Å²) in [5.41, 5.74) is 13.5. The van der Waals surface area contributed by atoms with Crippen LogP contribution in [0.3, 0.4) is 0 Å². The Morgan fingerprint density at radius 1 is 0.514 bits per heavy atom. The van der Waals surface area contributed by atoms with Crippen molar-refractivity contribution < 1.29 is 0 Å². The SMILES string of the molecule is c1ccc2c(c1)-c1ccccc1C21c2cc(N3CCCNC3)ccc2-c2ccc(N3CCCNC3)cc21. The fourth-order valence-corrected chi connectivity index (χ4v) is 7.33. The van der Waals surface area contributed by atoms with Gasteiger partial charge in [-0.25, -0.2) is 0 Å². The first-order valence-corrected chi connectivity index (χ1v) is 13.8. The minimum atomic E-state index is -0.295. The molecule has 0 radical (unpaired) electrons. The van der Waals surface area contributed by atoms with E-state index in [9.17, 15) is 0 Å². The highest BCUT2D eigenvalue weighted by molar-refractivity contribution is 5.96. The van der Waals surface area contributed by atoms with Crippen molar-refractivity contribution in [2.45, 2.75) is 18.3 Å². The molecule has 0 unspecified atom stereocenters. The first-order valence-electron chi connectivity index (χ1n) is 13.8. The largest absolute Gasteiger partial charge is 0.359 e. The zero-order valence-corrected chi connectivity index (χ0v) is 21.1. The quantitative estimate of drug-likeness (QED) is 0.338. The number of fused-ring (bicyclic) bond motifs is 10. The topological polar surface area (TPSA) is 30.5 Å². The van der Waals surface area contributed by atoms with E-state index in [1.807, 2.05) is 0 Å². The highest BCUT2D eigenvalue weighted by Crippen LogP contribution is 2.63. The van der Waals surface area contributed by atoms with Gasteiger partial charge in [-0.2, -0.15) is 0 Å². The Labute approximate surface area is 218 Å². The summed E-state index contributed by atoms with van der Waals surface area (Å²) < 4.78 is 0. The van der Waals surface area contributed by atoms with Crippen LogP contribution in [0.4, 0.5) is 11.4 Å². The maximum atomic E-state index is 3.57. The summed E-state index contributed by atoms with van der Waals surface area (Å²) in [7, 11) is 0. The normalized spacial score (nSPS) is 18.9. The molecule has 4 aromatic carbocycles. The van der Waals surface area contributed by atoms with Crippen molar-refractivity contribution >= 4 is 11.4 Å². The minimum Gasteiger partial charge on any atom is -0.359 e. The lowest BCUT2D eigenvalue weighted by Gasteiger charge is -2.34. The molecule has 2 fully saturated rings. The third-order valence-corrected chi connectivity index (χ3v) is 8.96. The molecule has 4 aliphatic rings. The van der Waals surface area contributed by atoms with Crippen LogP contribution in [0.15, 0.2) is 84.9 Å². The number of rotatable bonds is 2. The zero-order chi connectivity index (χ0) is 24.4. The van der Waals surface area contributed by atoms with E-state index in [2.05, 4.69) is 105 Å². The van der Waals surface area contributed by atoms with Gasteiger partial charge >= 0.3 is 0 Å². The lowest BCUT2D eigenvalue weighted by atomic mass is 9.70. The average Bonchev–Trinajstić information content (AvgIpc) is 3.45. The Morgan fingerprint density at radius 2 is 0.973 bits per heavy atom. The number of benzene rings is 4. The van der Waals surface area contributed by atoms with Crippen molar-refractivity contribution in [1.29, 1.82) is 0 Å². The molecule has 184 valence electrons. The van der Waals surface area contributed by atoms with Crippen LogP contribution in [-0.4, -0.2) is 39.5 Å². The molecule has 0 aromatic heterocycles. The van der Waals surface area contributed by atoms with Crippen LogP contribution in [0, 0.1) is 0 Å². The third-order valence-electron chi connectivity index (χ3n) is 8.96. The van der Waals surface area contributed by atoms with E-state index >= 15 is 0 Å². The number of hydrogen-bond acceptors (Lipinski definition) is 4. The van der Waals surface area contributed by atoms with E-state index < -0.39 is 0 Å². The molecule has 2 aliphatic heterocycles. The molecule has 2 N–H and O–H groups in total. The lowest BCUT2D eigenvalue weighted by Crippen LogP contribution is -2.41. The molecular weight excluding hydrogens is 452 g/mol. The monoisotopic (exact) mass is 484 g/mol. The van der Waals surface area contributed by atoms with Crippen LogP contribution in [0.5, 0.6) is 0 Å². The highest BCUT2D eigenvalue weighted by atomic mass is 15.2. The van der Waals surface area contributed by atoms with E-state index in [1.165, 1.54) is 68.7 Å². The van der Waals surface area contributed by atoms with Crippen molar-refractivity contribution in [2.24, 2.45) is 0 Å². The molecule has 2 heterocycles. The van der Waals surface area contributed by atoms with E-state index in [0.29, 0.717) is 0 Å². The van der Waals surface area contributed by atoms with Gasteiger partial charge in [-0.15, -0.1) is 0 Å². The third kappa shape index (κ3) is 2.97. The molecule has 0 saturated carbocycles. The lowest BCUT2D eigenvalue weighted by molar-refractivity contribution is 0.552. The molecule has 0 bridgehead atoms. The predicted molar refractivity (Wildman–Crippen MR) is 152 cm³/mol. The Balaban J connectivity index is 1.42. The van der Waals surface area contributed by atoms with E-state index in [4.69, 9.17) is 0 Å². The maximum Gasteiger partial charge on any atom is 0.0727 e. The molecule has 2 saturated heterocycles. The smallest absolute Gasteiger partial charge is 0.0727 e. The molecule has 0 amide bonds. The van der Waals surface area contributed by atoms with Gasteiger partial charge in [0.05, 0.1) is 18.8 Å². The van der Waals surface area contributed by atoms with Crippen LogP contribution in [0.25, 0.3) is 22.3 Å². The second-order valence-electron chi connectivity index (χ2n) is 10.9. The Morgan fingerprint density at radius 3 is 1.43 bits per heavy atom. The molecule has 4 aromatic rings. The summed E-state index contributed by atoms with van der Waals surface area (Å²) in [6, 6.07) is 32.7. The molecule has 4 heteroatoms. The summed E-state index contributed by atoms with van der Waals surface area (Å²) in [4.78, 5) is 5.00. The van der Waals surface area contributed by atoms with Crippen LogP contribution in [0.2, 0.25) is 0 Å². The van der Waals surface area contributed by atoms with Crippen LogP contribution < -0.4 is 20.4 Å². The van der Waals surface area contributed by atoms with Gasteiger partial charge in [-0.1, -0.05) is 60.7 Å². The first kappa shape index (κ1) is 21.5. The van der Waals surface area contributed by atoms with Gasteiger partial charge in [0.1, 0.15) is 0 Å². The van der Waals surface area contributed by atoms with Crippen molar-refractivity contribution in [3.05, 3.63) is 107 Å². The maximum absolute atomic E-state index is 3.57. The number of nitrogens with one attached hydrogen (secondary N) is 2. The second-order valence-corrected chi connectivity index (χ2v) is 10.9. The van der Waals surface area contributed by atoms with Crippen molar-refractivity contribution in [2.75, 3.05) is 49.3 Å². The standard InChI is InChI=1S/C33H32N4/c1-3-9-29-25(7-1)26-8-2-4-10-30(26)33(29)31-19-23(36-17-5-15-34-21-36)11-13-27(31)28-14-12-24(20-32(28)33)37-18-6-16-35-22-37/h1-4,7-14,19-20,34-35H,5-6,15-18,21-22H2. The molecular formula is C33H32N4. The molecule has 0 atom stereocenters. The van der Waals surface area contributed by atoms with Crippen LogP contribution in [-0.2, 0) is 5.41 Å². The van der Waals surface area contributed by atoms with Crippen molar-refractivity contribution in [1.82, 2.24) is 10.6 Å². The molecule has 2 aliphatic carbocycles. The Hall–Kier alpha value is -3.60. The highest BCUT2D eigenvalue weighted by Gasteiger charge is 2.52. The fourth-order valence-electron chi connectivity index (χ4n) is 7.33. The fraction of sp³-hybridized carbons (Fsp3) is 0.273. The molecule has 4 nitrogen and oxygen atoms in total. The average molecular weight is 485 g/mol. The van der Waals surface area contributed by atoms with E-state index in [1.54, 1.807) is 0 Å². The predicted octanol–water partition coefficient (Wildman–Crippen LogP) is 5.54. The van der Waals surface area contributed by atoms with E-state index in [0.717, 1.165) is 39.5 Å². The van der Waals surface area contributed by atoms with E-state index in [-0.39, 0.29) is 5.41 Å². The van der Waals surface area contributed by atoms with Crippen molar-refractivity contribution in [3.8, 4) is 22.3 Å². The molecule has 8 rings (SSSR count). The first-order chi connectivity index (χ1) is 18.4. The number of anilines is 2. The summed E-state index contributed by atoms with van der Waals surface area (Å²) >= 11 is 0. The Bertz CT molecular complexity index is 1400. The summed E-state index contributed by atoms with van der Waals surface area (Å²) in [5.74, 6) is 0. The minimum absolute atomic E-state index is 0.295. The van der Waals surface area contributed by atoms with Crippen LogP contribution >= 0.6 is 0 Å². The van der Waals surface area contributed by atoms with Gasteiger partial charge in [0, 0.05) is 24.5 Å². The molecule has 37 heavy (non-hydrogen) atoms. The van der Waals surface area contributed by atoms with Crippen LogP contribution in [0.1, 0.15) is 35.1 Å². The Kier molecular flexibility index (Phi) is 4.76. The van der Waals surface area contributed by atoms with Gasteiger partial charge in [0.15, 0.2) is 0 Å². The number of nitrogens with zero attached hydrogens (tertiary/aromatic N) is 2. The summed E-state index contributed by atoms with van der Waals surface area (Å²) in [6.45, 7) is 6.24. The summed E-state index contributed by atoms with van der Waals surface area (Å²) in [5, 5.41) is 7.14. The van der Waals surface area contributed by atoms with Gasteiger partial charge in [0.25, 0.3) is 0 Å². The molecule has 1 spiro atoms. The summed E-state index contributed by atoms with van der Waals surface area (Å²) in [6.07, 6.45) is 2.36. The number of hydrogen-bond donors (Lipinski definition) is 2. The van der Waals surface area contributed by atoms with Crippen molar-refractivity contribution in [3.63, 3.8) is 0 Å². The second kappa shape index (κ2) is 8.20. The van der Waals surface area contributed by atoms with Gasteiger partial charge in [0.2, 0.25) is 0 Å². The van der Waals surface area contributed by atoms with Gasteiger partial charge in [-0.05, 0) is 94.7 Å². The van der Waals surface area contributed by atoms with Gasteiger partial charge in [-0.3, -0.25) is 10.6 Å². The van der Waals surface area contributed by atoms with Gasteiger partial charge < -0.3 is 9.80 Å².